The smallest absolute Gasteiger partial charge is 0 e. The molecule has 0 spiro atoms. The van der Waals surface area contributed by atoms with Gasteiger partial charge in [-0.1, -0.05) is 13.3 Å². The monoisotopic (exact) mass is 216 g/mol. The van der Waals surface area contributed by atoms with Crippen molar-refractivity contribution in [3.63, 3.8) is 0 Å². The van der Waals surface area contributed by atoms with Crippen LogP contribution in [0.5, 0.6) is 0 Å². The quantitative estimate of drug-likeness (QED) is 0.507. The van der Waals surface area contributed by atoms with Gasteiger partial charge in [0.15, 0.2) is 0 Å². The van der Waals surface area contributed by atoms with E-state index in [1.165, 1.54) is 5.56 Å². The fourth-order valence-electron chi connectivity index (χ4n) is 0.970. The molecule has 0 amide bonds. The second-order valence-electron chi connectivity index (χ2n) is 2.61. The molecular formula is C12H14Ni-6. The van der Waals surface area contributed by atoms with Crippen molar-refractivity contribution in [3.05, 3.63) is 60.2 Å². The molecule has 1 heteroatoms. The van der Waals surface area contributed by atoms with E-state index in [1.54, 1.807) is 0 Å². The van der Waals surface area contributed by atoms with E-state index < -0.39 is 0 Å². The molecule has 0 bridgehead atoms. The molecule has 0 unspecified atom stereocenters. The van der Waals surface area contributed by atoms with Gasteiger partial charge in [-0.05, 0) is 0 Å². The molecule has 0 fully saturated rings. The van der Waals surface area contributed by atoms with Crippen LogP contribution in [0, 0.1) is 0 Å². The van der Waals surface area contributed by atoms with Crippen LogP contribution in [-0.4, -0.2) is 0 Å². The van der Waals surface area contributed by atoms with Crippen molar-refractivity contribution in [2.24, 2.45) is 0 Å². The summed E-state index contributed by atoms with van der Waals surface area (Å²) in [7, 11) is 0. The first-order chi connectivity index (χ1) is 5.93. The van der Waals surface area contributed by atoms with E-state index in [0.717, 1.165) is 6.42 Å². The fourth-order valence-corrected chi connectivity index (χ4v) is 0.970. The molecular weight excluding hydrogens is 203 g/mol. The van der Waals surface area contributed by atoms with Crippen LogP contribution in [-0.2, 0) is 22.9 Å². The van der Waals surface area contributed by atoms with Crippen LogP contribution >= 0.6 is 0 Å². The van der Waals surface area contributed by atoms with Gasteiger partial charge in [0, 0.05) is 16.5 Å². The number of aryl methyl sites for hydroxylation is 1. The fraction of sp³-hybridized carbons (Fsp3) is 0.167. The Balaban J connectivity index is 0.000000215. The largest absolute Gasteiger partial charge is 0.748 e. The minimum absolute atomic E-state index is 0. The molecule has 0 aliphatic rings. The zero-order valence-corrected chi connectivity index (χ0v) is 8.71. The maximum atomic E-state index is 2.16. The third-order valence-electron chi connectivity index (χ3n) is 1.70. The van der Waals surface area contributed by atoms with Crippen molar-refractivity contribution in [1.29, 1.82) is 0 Å². The van der Waals surface area contributed by atoms with Gasteiger partial charge in [0.05, 0.1) is 0 Å². The third kappa shape index (κ3) is 5.44. The first-order valence-corrected chi connectivity index (χ1v) is 4.30. The molecule has 2 rings (SSSR count). The van der Waals surface area contributed by atoms with E-state index in [-0.39, 0.29) is 16.5 Å². The van der Waals surface area contributed by atoms with Crippen molar-refractivity contribution < 1.29 is 16.5 Å². The Morgan fingerprint density at radius 3 is 1.54 bits per heavy atom. The Bertz CT molecular complexity index is 236. The zero-order valence-electron chi connectivity index (χ0n) is 7.72. The summed E-state index contributed by atoms with van der Waals surface area (Å²) in [6.45, 7) is 2.16. The molecule has 0 atom stereocenters. The van der Waals surface area contributed by atoms with E-state index in [1.807, 2.05) is 30.3 Å². The summed E-state index contributed by atoms with van der Waals surface area (Å²) in [5, 5.41) is 0. The van der Waals surface area contributed by atoms with Gasteiger partial charge in [-0.3, -0.25) is 0 Å². The summed E-state index contributed by atoms with van der Waals surface area (Å²) in [5.74, 6) is 0. The molecule has 13 heavy (non-hydrogen) atoms. The molecule has 0 saturated heterocycles. The second-order valence-corrected chi connectivity index (χ2v) is 2.61. The van der Waals surface area contributed by atoms with E-state index in [4.69, 9.17) is 0 Å². The van der Waals surface area contributed by atoms with Gasteiger partial charge in [0.25, 0.3) is 0 Å². The molecule has 0 nitrogen and oxygen atoms in total. The summed E-state index contributed by atoms with van der Waals surface area (Å²) in [4.78, 5) is 0. The SMILES string of the molecule is CC[c-]1cccc1.[Ni].[cH-]1[cH-][cH-][cH-][cH-]1. The Morgan fingerprint density at radius 1 is 0.923 bits per heavy atom. The van der Waals surface area contributed by atoms with Crippen molar-refractivity contribution in [2.45, 2.75) is 13.3 Å². The summed E-state index contributed by atoms with van der Waals surface area (Å²) in [5.41, 5.74) is 1.43. The molecule has 2 aromatic carbocycles. The Hall–Kier alpha value is -0.806. The average molecular weight is 217 g/mol. The predicted octanol–water partition coefficient (Wildman–Crippen LogP) is 3.37. The van der Waals surface area contributed by atoms with Crippen molar-refractivity contribution >= 4 is 0 Å². The number of hydrogen-bond donors (Lipinski definition) is 0. The van der Waals surface area contributed by atoms with Gasteiger partial charge < -0.3 is 30.3 Å². The Morgan fingerprint density at radius 2 is 1.31 bits per heavy atom. The predicted molar refractivity (Wildman–Crippen MR) is 53.4 cm³/mol. The molecule has 0 saturated carbocycles. The van der Waals surface area contributed by atoms with Gasteiger partial charge in [-0.25, -0.2) is 12.1 Å². The summed E-state index contributed by atoms with van der Waals surface area (Å²) >= 11 is 0. The molecule has 0 radical (unpaired) electrons. The molecule has 0 heterocycles. The van der Waals surface area contributed by atoms with E-state index >= 15 is 0 Å². The molecule has 2 aromatic rings. The number of rotatable bonds is 1. The Kier molecular flexibility index (Phi) is 7.34. The minimum atomic E-state index is 0. The maximum Gasteiger partial charge on any atom is 0 e. The standard InChI is InChI=1S/C7H9.C5H5.Ni/c1-2-7-5-3-4-6-7;1-2-4-5-3-1;/h3-6H,2H2,1H3;1-5H;/q-1;-5;. The molecule has 0 aliphatic carbocycles. The summed E-state index contributed by atoms with van der Waals surface area (Å²) in [6.07, 6.45) is 1.16. The van der Waals surface area contributed by atoms with E-state index in [0.29, 0.717) is 0 Å². The maximum absolute atomic E-state index is 2.16. The van der Waals surface area contributed by atoms with Crippen molar-refractivity contribution in [1.82, 2.24) is 0 Å². The van der Waals surface area contributed by atoms with Gasteiger partial charge in [-0.2, -0.15) is 17.7 Å². The van der Waals surface area contributed by atoms with E-state index in [2.05, 4.69) is 31.2 Å². The van der Waals surface area contributed by atoms with Crippen LogP contribution in [0.15, 0.2) is 54.6 Å². The van der Waals surface area contributed by atoms with Crippen LogP contribution in [0.25, 0.3) is 0 Å². The van der Waals surface area contributed by atoms with Gasteiger partial charge in [-0.15, -0.1) is 0 Å². The molecule has 0 N–H and O–H groups in total. The first kappa shape index (κ1) is 12.2. The third-order valence-corrected chi connectivity index (χ3v) is 1.70. The van der Waals surface area contributed by atoms with E-state index in [9.17, 15) is 0 Å². The van der Waals surface area contributed by atoms with Crippen LogP contribution in [0.3, 0.4) is 0 Å². The normalized spacial score (nSPS) is 8.08. The number of hydrogen-bond acceptors (Lipinski definition) is 0. The van der Waals surface area contributed by atoms with Crippen LogP contribution in [0.1, 0.15) is 12.5 Å². The average Bonchev–Trinajstić information content (AvgIpc) is 2.81. The first-order valence-electron chi connectivity index (χ1n) is 4.30. The zero-order chi connectivity index (χ0) is 8.65. The minimum Gasteiger partial charge on any atom is -0.748 e. The summed E-state index contributed by atoms with van der Waals surface area (Å²) < 4.78 is 0. The van der Waals surface area contributed by atoms with Crippen molar-refractivity contribution in [2.75, 3.05) is 0 Å². The molecule has 0 aromatic heterocycles. The second kappa shape index (κ2) is 7.82. The Labute approximate surface area is 90.2 Å². The van der Waals surface area contributed by atoms with Crippen molar-refractivity contribution in [3.8, 4) is 0 Å². The molecule has 78 valence electrons. The summed E-state index contributed by atoms with van der Waals surface area (Å²) in [6, 6.07) is 18.4. The van der Waals surface area contributed by atoms with Crippen LogP contribution in [0.4, 0.5) is 0 Å². The molecule has 0 aliphatic heterocycles. The van der Waals surface area contributed by atoms with Crippen LogP contribution in [0.2, 0.25) is 0 Å². The van der Waals surface area contributed by atoms with Gasteiger partial charge in [0.1, 0.15) is 0 Å². The van der Waals surface area contributed by atoms with Gasteiger partial charge >= 0.3 is 0 Å². The topological polar surface area (TPSA) is 0 Å². The van der Waals surface area contributed by atoms with Crippen LogP contribution < -0.4 is 0 Å². The van der Waals surface area contributed by atoms with Gasteiger partial charge in [0.2, 0.25) is 0 Å².